The average molecular weight is 551 g/mol. The van der Waals surface area contributed by atoms with Gasteiger partial charge in [0.05, 0.1) is 0 Å². The van der Waals surface area contributed by atoms with Crippen molar-refractivity contribution < 1.29 is 9.59 Å². The van der Waals surface area contributed by atoms with E-state index in [1.54, 1.807) is 19.1 Å². The number of carbonyl (C=O) groups is 2. The van der Waals surface area contributed by atoms with Gasteiger partial charge in [-0.25, -0.2) is 0 Å². The zero-order valence-electron chi connectivity index (χ0n) is 26.7. The zero-order valence-corrected chi connectivity index (χ0v) is 26.7. The van der Waals surface area contributed by atoms with E-state index >= 15 is 0 Å². The second-order valence-electron chi connectivity index (χ2n) is 11.6. The first-order valence-electron chi connectivity index (χ1n) is 15.0. The number of hydrogen-bond donors (Lipinski definition) is 0. The number of allylic oxidation sites excluding steroid dienone is 16. The summed E-state index contributed by atoms with van der Waals surface area (Å²) < 4.78 is 0. The summed E-state index contributed by atoms with van der Waals surface area (Å²) in [6.45, 7) is 17.0. The average Bonchev–Trinajstić information content (AvgIpc) is 2.97. The van der Waals surface area contributed by atoms with Crippen LogP contribution in [0, 0.1) is 0 Å². The maximum atomic E-state index is 13.0. The lowest BCUT2D eigenvalue weighted by Gasteiger charge is -2.18. The summed E-state index contributed by atoms with van der Waals surface area (Å²) in [6, 6.07) is 7.12. The van der Waals surface area contributed by atoms with Crippen LogP contribution in [0.3, 0.4) is 0 Å². The minimum atomic E-state index is -0.0329. The number of hydrogen-bond acceptors (Lipinski definition) is 2. The van der Waals surface area contributed by atoms with Gasteiger partial charge in [0.15, 0.2) is 11.6 Å². The highest BCUT2D eigenvalue weighted by Gasteiger charge is 2.28. The molecule has 0 aliphatic heterocycles. The molecule has 1 aromatic carbocycles. The van der Waals surface area contributed by atoms with E-state index in [9.17, 15) is 9.59 Å². The van der Waals surface area contributed by atoms with Crippen molar-refractivity contribution in [2.24, 2.45) is 0 Å². The monoisotopic (exact) mass is 550 g/mol. The summed E-state index contributed by atoms with van der Waals surface area (Å²) in [6.07, 6.45) is 24.4. The van der Waals surface area contributed by atoms with Gasteiger partial charge in [0.1, 0.15) is 0 Å². The Morgan fingerprint density at radius 2 is 0.927 bits per heavy atom. The largest absolute Gasteiger partial charge is 0.289 e. The Labute approximate surface area is 249 Å². The molecule has 0 unspecified atom stereocenters. The first-order valence-corrected chi connectivity index (χ1v) is 15.0. The zero-order chi connectivity index (χ0) is 30.4. The Kier molecular flexibility index (Phi) is 14.2. The van der Waals surface area contributed by atoms with E-state index in [0.717, 1.165) is 38.5 Å². The van der Waals surface area contributed by atoms with E-state index in [-0.39, 0.29) is 11.6 Å². The quantitative estimate of drug-likeness (QED) is 0.216. The third-order valence-corrected chi connectivity index (χ3v) is 7.68. The summed E-state index contributed by atoms with van der Waals surface area (Å²) in [4.78, 5) is 25.7. The van der Waals surface area contributed by atoms with Crippen LogP contribution in [-0.4, -0.2) is 11.6 Å². The summed E-state index contributed by atoms with van der Waals surface area (Å²) in [7, 11) is 0. The van der Waals surface area contributed by atoms with Crippen LogP contribution in [0.15, 0.2) is 117 Å². The Morgan fingerprint density at radius 1 is 0.561 bits per heavy atom. The molecule has 0 heterocycles. The second kappa shape index (κ2) is 17.3. The van der Waals surface area contributed by atoms with Crippen LogP contribution in [0.1, 0.15) is 121 Å². The molecule has 0 spiro atoms. The molecule has 0 N–H and O–H groups in total. The van der Waals surface area contributed by atoms with E-state index in [1.807, 2.05) is 12.1 Å². The van der Waals surface area contributed by atoms with Crippen LogP contribution in [0.25, 0.3) is 0 Å². The number of benzene rings is 1. The molecule has 0 aromatic heterocycles. The van der Waals surface area contributed by atoms with E-state index < -0.39 is 0 Å². The predicted octanol–water partition coefficient (Wildman–Crippen LogP) is 11.4. The highest BCUT2D eigenvalue weighted by molar-refractivity contribution is 6.26. The van der Waals surface area contributed by atoms with E-state index in [0.29, 0.717) is 28.7 Å². The van der Waals surface area contributed by atoms with Crippen LogP contribution in [0.4, 0.5) is 0 Å². The number of carbonyl (C=O) groups excluding carboxylic acids is 2. The fraction of sp³-hybridized carbons (Fsp3) is 0.385. The van der Waals surface area contributed by atoms with Gasteiger partial charge in [0, 0.05) is 22.3 Å². The van der Waals surface area contributed by atoms with Gasteiger partial charge in [-0.1, -0.05) is 106 Å². The van der Waals surface area contributed by atoms with E-state index in [1.165, 1.54) is 33.4 Å². The Hall–Kier alpha value is -3.52. The third kappa shape index (κ3) is 11.5. The molecule has 0 bridgehead atoms. The van der Waals surface area contributed by atoms with Crippen molar-refractivity contribution in [3.05, 3.63) is 129 Å². The highest BCUT2D eigenvalue weighted by Crippen LogP contribution is 2.28. The van der Waals surface area contributed by atoms with Crippen molar-refractivity contribution in [3.8, 4) is 0 Å². The summed E-state index contributed by atoms with van der Waals surface area (Å²) in [5, 5.41) is 0. The number of rotatable bonds is 14. The molecular weight excluding hydrogens is 500 g/mol. The fourth-order valence-electron chi connectivity index (χ4n) is 4.55. The number of Topliss-reactive ketones (excluding diaryl/α,β-unsaturated/α-hetero) is 2. The van der Waals surface area contributed by atoms with Gasteiger partial charge in [-0.3, -0.25) is 9.59 Å². The van der Waals surface area contributed by atoms with Crippen LogP contribution < -0.4 is 0 Å². The molecule has 0 fully saturated rings. The smallest absolute Gasteiger partial charge is 0.190 e. The molecule has 1 aliphatic rings. The molecule has 218 valence electrons. The van der Waals surface area contributed by atoms with Crippen molar-refractivity contribution in [2.75, 3.05) is 0 Å². The standard InChI is InChI=1S/C39H50O2/c1-9-10-13-28(2)16-17-29(3)18-19-30(4)20-21-31(5)22-23-32(6)24-25-33(7)26-27-35-34(8)38(40)36-14-11-12-15-37(36)39(35)41/h9-12,14-16,18,20,22,24,26H,13,17,19,21,23,25,27H2,1-8H3/b10-9-,28-16-,29-18-,30-20-,31-22-,32-24-,33-26-. The summed E-state index contributed by atoms with van der Waals surface area (Å²) in [5.41, 5.74) is 10.4. The lowest BCUT2D eigenvalue weighted by molar-refractivity contribution is 0.0973. The van der Waals surface area contributed by atoms with Crippen molar-refractivity contribution >= 4 is 11.6 Å². The van der Waals surface area contributed by atoms with Gasteiger partial charge in [-0.2, -0.15) is 0 Å². The molecule has 1 aromatic rings. The lowest BCUT2D eigenvalue weighted by atomic mass is 9.83. The fourth-order valence-corrected chi connectivity index (χ4v) is 4.55. The van der Waals surface area contributed by atoms with E-state index in [2.05, 4.69) is 97.1 Å². The Morgan fingerprint density at radius 3 is 1.34 bits per heavy atom. The van der Waals surface area contributed by atoms with Crippen LogP contribution in [0.2, 0.25) is 0 Å². The van der Waals surface area contributed by atoms with Crippen molar-refractivity contribution in [1.29, 1.82) is 0 Å². The topological polar surface area (TPSA) is 34.1 Å². The molecule has 2 nitrogen and oxygen atoms in total. The molecule has 0 saturated heterocycles. The van der Waals surface area contributed by atoms with Gasteiger partial charge in [0.2, 0.25) is 0 Å². The molecule has 2 rings (SSSR count). The molecule has 0 atom stereocenters. The minimum Gasteiger partial charge on any atom is -0.289 e. The van der Waals surface area contributed by atoms with Gasteiger partial charge >= 0.3 is 0 Å². The highest BCUT2D eigenvalue weighted by atomic mass is 16.1. The van der Waals surface area contributed by atoms with Gasteiger partial charge < -0.3 is 0 Å². The third-order valence-electron chi connectivity index (χ3n) is 7.68. The van der Waals surface area contributed by atoms with Crippen LogP contribution >= 0.6 is 0 Å². The Balaban J connectivity index is 1.84. The predicted molar refractivity (Wildman–Crippen MR) is 177 cm³/mol. The van der Waals surface area contributed by atoms with Crippen LogP contribution in [0.5, 0.6) is 0 Å². The van der Waals surface area contributed by atoms with Crippen LogP contribution in [-0.2, 0) is 0 Å². The van der Waals surface area contributed by atoms with Crippen molar-refractivity contribution in [1.82, 2.24) is 0 Å². The van der Waals surface area contributed by atoms with E-state index in [4.69, 9.17) is 0 Å². The van der Waals surface area contributed by atoms with Crippen molar-refractivity contribution in [3.63, 3.8) is 0 Å². The molecule has 0 amide bonds. The summed E-state index contributed by atoms with van der Waals surface area (Å²) in [5.74, 6) is -0.0538. The van der Waals surface area contributed by atoms with Crippen molar-refractivity contribution in [2.45, 2.75) is 100 Å². The molecule has 1 aliphatic carbocycles. The Bertz CT molecular complexity index is 1350. The lowest BCUT2D eigenvalue weighted by Crippen LogP contribution is -2.20. The van der Waals surface area contributed by atoms with Gasteiger partial charge in [0.25, 0.3) is 0 Å². The molecular formula is C39H50O2. The first-order chi connectivity index (χ1) is 19.5. The van der Waals surface area contributed by atoms with Gasteiger partial charge in [-0.15, -0.1) is 0 Å². The minimum absolute atomic E-state index is 0.0209. The maximum Gasteiger partial charge on any atom is 0.190 e. The molecule has 41 heavy (non-hydrogen) atoms. The molecule has 0 radical (unpaired) electrons. The maximum absolute atomic E-state index is 13.0. The summed E-state index contributed by atoms with van der Waals surface area (Å²) >= 11 is 0. The first kappa shape index (κ1) is 33.7. The second-order valence-corrected chi connectivity index (χ2v) is 11.6. The SMILES string of the molecule is C/C=C\C/C(C)=C\C/C(C)=C\C/C(C)=C\C/C(C)=C\C/C(C)=C\C/C(C)=C\CC1=C(C)C(=O)c2ccccc2C1=O. The molecule has 0 saturated carbocycles. The number of ketones is 2. The molecule has 2 heteroatoms. The number of fused-ring (bicyclic) bond motifs is 1. The normalized spacial score (nSPS) is 16.3. The van der Waals surface area contributed by atoms with Gasteiger partial charge in [-0.05, 0) is 100 Å².